The summed E-state index contributed by atoms with van der Waals surface area (Å²) in [6.45, 7) is 19.4. The fourth-order valence-corrected chi connectivity index (χ4v) is 9.36. The molecule has 1 aliphatic heterocycles. The molecule has 0 radical (unpaired) electrons. The Labute approximate surface area is 395 Å². The molecular formula is C58H49N4OPt-3. The van der Waals surface area contributed by atoms with Crippen LogP contribution in [0.5, 0.6) is 11.5 Å². The van der Waals surface area contributed by atoms with E-state index in [0.717, 1.165) is 55.3 Å². The second kappa shape index (κ2) is 15.3. The molecule has 3 aromatic heterocycles. The number of ether oxygens (including phenoxy) is 1. The third-order valence-electron chi connectivity index (χ3n) is 12.5. The number of rotatable bonds is 4. The van der Waals surface area contributed by atoms with Crippen molar-refractivity contribution < 1.29 is 31.3 Å². The topological polar surface area (TPSA) is 35.2 Å². The van der Waals surface area contributed by atoms with Gasteiger partial charge < -0.3 is 18.8 Å². The van der Waals surface area contributed by atoms with Crippen molar-refractivity contribution in [2.75, 3.05) is 4.90 Å². The zero-order chi connectivity index (χ0) is 46.8. The van der Waals surface area contributed by atoms with Crippen LogP contribution in [-0.4, -0.2) is 14.1 Å². The average Bonchev–Trinajstić information content (AvgIpc) is 3.86. The summed E-state index contributed by atoms with van der Waals surface area (Å²) in [4.78, 5) is 6.98. The summed E-state index contributed by atoms with van der Waals surface area (Å²) in [5.41, 5.74) is 8.68. The summed E-state index contributed by atoms with van der Waals surface area (Å²) in [7, 11) is 0. The summed E-state index contributed by atoms with van der Waals surface area (Å²) in [6.07, 6.45) is 1.75. The number of pyridine rings is 1. The van der Waals surface area contributed by atoms with Crippen LogP contribution in [0.25, 0.3) is 71.0 Å². The minimum Gasteiger partial charge on any atom is -0.509 e. The smallest absolute Gasteiger partial charge is 0.135 e. The first kappa shape index (κ1) is 36.9. The second-order valence-corrected chi connectivity index (χ2v) is 18.8. The summed E-state index contributed by atoms with van der Waals surface area (Å²) in [5, 5.41) is 8.02. The molecule has 0 spiro atoms. The molecule has 0 saturated heterocycles. The van der Waals surface area contributed by atoms with Crippen LogP contribution in [0.4, 0.5) is 11.4 Å². The van der Waals surface area contributed by atoms with Crippen molar-refractivity contribution in [2.24, 2.45) is 0 Å². The van der Waals surface area contributed by atoms with Gasteiger partial charge in [0.15, 0.2) is 0 Å². The van der Waals surface area contributed by atoms with Gasteiger partial charge in [-0.25, -0.2) is 4.98 Å². The molecule has 0 bridgehead atoms. The molecular weight excluding hydrogens is 964 g/mol. The van der Waals surface area contributed by atoms with E-state index >= 15 is 0 Å². The van der Waals surface area contributed by atoms with Gasteiger partial charge >= 0.3 is 0 Å². The SMILES string of the molecule is [2H]c1c([2H])c([2H])c2c(c1[2H])c1ccc(Oc3[c-]c(N4[CH-]n5c6c(C)cccc6c6cc(C)ccc6c6ccccc6c6cccc4c65)ccc3C(C)(C)C)[c-]c1n2-c1cc(C(C)(C)C)ccn1.[Pt]. The van der Waals surface area contributed by atoms with Gasteiger partial charge in [-0.15, -0.1) is 35.2 Å². The van der Waals surface area contributed by atoms with Crippen LogP contribution in [0.15, 0.2) is 146 Å². The Balaban J connectivity index is 0.00000539. The van der Waals surface area contributed by atoms with Crippen molar-refractivity contribution in [1.29, 1.82) is 0 Å². The first-order valence-electron chi connectivity index (χ1n) is 23.5. The van der Waals surface area contributed by atoms with E-state index in [1.807, 2.05) is 24.3 Å². The van der Waals surface area contributed by atoms with Crippen molar-refractivity contribution in [3.8, 4) is 17.3 Å². The average molecular weight is 1020 g/mol. The molecule has 0 amide bonds. The maximum atomic E-state index is 9.12. The second-order valence-electron chi connectivity index (χ2n) is 18.8. The standard InChI is InChI=1S/C58H49N4O.Pt/c1-36-23-26-43-41-16-9-10-17-42(41)46-20-14-22-51-56(46)61(55-37(2)15-13-19-47(55)48(43)31-36)35-60(51)39-24-28-49(58(6,7)8)53(33-39)63-40-25-27-45-44-18-11-12-21-50(44)62(52(45)34-40)54-32-38(29-30-59-54)57(3,4)5;/h9-32,35H,1-8H3;/q-3;/i11D,12D,18D,21D;. The molecule has 11 rings (SSSR count). The van der Waals surface area contributed by atoms with Gasteiger partial charge in [0.1, 0.15) is 5.82 Å². The van der Waals surface area contributed by atoms with Gasteiger partial charge in [-0.05, 0) is 99.0 Å². The maximum Gasteiger partial charge on any atom is 0.135 e. The maximum absolute atomic E-state index is 9.12. The van der Waals surface area contributed by atoms with Gasteiger partial charge in [-0.2, -0.15) is 12.1 Å². The van der Waals surface area contributed by atoms with E-state index in [9.17, 15) is 0 Å². The summed E-state index contributed by atoms with van der Waals surface area (Å²) in [5.74, 6) is 1.47. The van der Waals surface area contributed by atoms with E-state index in [2.05, 4.69) is 175 Å². The Kier molecular flexibility index (Phi) is 8.83. The summed E-state index contributed by atoms with van der Waals surface area (Å²) < 4.78 is 46.5. The van der Waals surface area contributed by atoms with E-state index in [1.54, 1.807) is 10.8 Å². The van der Waals surface area contributed by atoms with E-state index in [1.165, 1.54) is 21.7 Å². The van der Waals surface area contributed by atoms with Crippen molar-refractivity contribution >= 4 is 76.5 Å². The third-order valence-corrected chi connectivity index (χ3v) is 12.5. The largest absolute Gasteiger partial charge is 0.509 e. The zero-order valence-electron chi connectivity index (χ0n) is 41.1. The Hall–Kier alpha value is -6.55. The quantitative estimate of drug-likeness (QED) is 0.165. The van der Waals surface area contributed by atoms with Gasteiger partial charge in [-0.1, -0.05) is 166 Å². The number of fused-ring (bicyclic) bond motifs is 10. The molecule has 64 heavy (non-hydrogen) atoms. The first-order chi connectivity index (χ1) is 32.0. The molecule has 0 unspecified atom stereocenters. The number of nitrogens with zero attached hydrogens (tertiary/aromatic N) is 4. The van der Waals surface area contributed by atoms with Crippen molar-refractivity contribution in [3.63, 3.8) is 0 Å². The number of benzene rings is 7. The Morgan fingerprint density at radius 3 is 2.12 bits per heavy atom. The van der Waals surface area contributed by atoms with Gasteiger partial charge in [0.2, 0.25) is 0 Å². The number of para-hydroxylation sites is 3. The van der Waals surface area contributed by atoms with Crippen molar-refractivity contribution in [3.05, 3.63) is 187 Å². The minimum absolute atomic E-state index is 0. The van der Waals surface area contributed by atoms with Gasteiger partial charge in [0.25, 0.3) is 0 Å². The van der Waals surface area contributed by atoms with Crippen molar-refractivity contribution in [2.45, 2.75) is 66.2 Å². The van der Waals surface area contributed by atoms with Gasteiger partial charge in [0.05, 0.1) is 5.48 Å². The molecule has 320 valence electrons. The van der Waals surface area contributed by atoms with E-state index in [4.69, 9.17) is 15.2 Å². The predicted octanol–water partition coefficient (Wildman–Crippen LogP) is 15.4. The minimum atomic E-state index is -0.329. The van der Waals surface area contributed by atoms with Crippen molar-refractivity contribution in [1.82, 2.24) is 14.1 Å². The molecule has 0 fully saturated rings. The van der Waals surface area contributed by atoms with Crippen LogP contribution < -0.4 is 9.64 Å². The third kappa shape index (κ3) is 6.72. The number of aromatic nitrogens is 3. The molecule has 1 aliphatic rings. The normalized spacial score (nSPS) is 13.5. The van der Waals surface area contributed by atoms with Crippen LogP contribution in [-0.2, 0) is 31.9 Å². The fourth-order valence-electron chi connectivity index (χ4n) is 9.36. The monoisotopic (exact) mass is 1020 g/mol. The molecule has 6 heteroatoms. The Morgan fingerprint density at radius 1 is 0.641 bits per heavy atom. The predicted molar refractivity (Wildman–Crippen MR) is 264 cm³/mol. The first-order valence-corrected chi connectivity index (χ1v) is 21.5. The number of aryl methyl sites for hydroxylation is 2. The van der Waals surface area contributed by atoms with Crippen LogP contribution in [0.2, 0.25) is 0 Å². The van der Waals surface area contributed by atoms with Crippen LogP contribution in [0, 0.1) is 32.6 Å². The van der Waals surface area contributed by atoms with Crippen LogP contribution >= 0.6 is 0 Å². The molecule has 0 N–H and O–H groups in total. The van der Waals surface area contributed by atoms with E-state index in [0.29, 0.717) is 39.1 Å². The molecule has 0 atom stereocenters. The molecule has 0 saturated carbocycles. The van der Waals surface area contributed by atoms with Gasteiger partial charge in [-0.3, -0.25) is 0 Å². The number of hydrogen-bond donors (Lipinski definition) is 0. The fraction of sp³-hybridized carbons (Fsp3) is 0.172. The Morgan fingerprint density at radius 2 is 1.34 bits per heavy atom. The zero-order valence-corrected chi connectivity index (χ0v) is 39.4. The van der Waals surface area contributed by atoms with E-state index in [-0.39, 0.29) is 56.1 Å². The van der Waals surface area contributed by atoms with E-state index < -0.39 is 0 Å². The molecule has 5 nitrogen and oxygen atoms in total. The molecule has 4 heterocycles. The summed E-state index contributed by atoms with van der Waals surface area (Å²) >= 11 is 0. The molecule has 7 aromatic carbocycles. The number of hydrogen-bond acceptors (Lipinski definition) is 3. The molecule has 0 aliphatic carbocycles. The van der Waals surface area contributed by atoms with Gasteiger partial charge in [0, 0.05) is 50.0 Å². The molecule has 10 aromatic rings. The van der Waals surface area contributed by atoms with Crippen LogP contribution in [0.1, 0.15) is 69.3 Å². The number of anilines is 2. The van der Waals surface area contributed by atoms with Crippen LogP contribution in [0.3, 0.4) is 0 Å². The Bertz CT molecular complexity index is 3820. The summed E-state index contributed by atoms with van der Waals surface area (Å²) in [6, 6.07) is 46.9.